The Kier molecular flexibility index (Phi) is 3.11. The molecule has 1 aromatic carbocycles. The molecule has 82 valence electrons. The molecule has 1 nitrogen and oxygen atoms in total. The van der Waals surface area contributed by atoms with Crippen molar-refractivity contribution in [3.8, 4) is 0 Å². The predicted octanol–water partition coefficient (Wildman–Crippen LogP) is 3.22. The molecular weight excluding hydrogens is 184 g/mol. The van der Waals surface area contributed by atoms with Crippen LogP contribution in [0.5, 0.6) is 0 Å². The van der Waals surface area contributed by atoms with Gasteiger partial charge in [0, 0.05) is 12.5 Å². The summed E-state index contributed by atoms with van der Waals surface area (Å²) in [6.45, 7) is 4.55. The van der Waals surface area contributed by atoms with Crippen LogP contribution < -0.4 is 0 Å². The fraction of sp³-hybridized carbons (Fsp3) is 0.571. The lowest BCUT2D eigenvalue weighted by atomic mass is 9.93. The number of aliphatic hydroxyl groups is 1. The van der Waals surface area contributed by atoms with E-state index in [1.165, 1.54) is 29.5 Å². The molecule has 0 aromatic heterocycles. The third-order valence-corrected chi connectivity index (χ3v) is 3.41. The molecule has 1 aromatic rings. The molecule has 0 aliphatic heterocycles. The Balaban J connectivity index is 2.31. The van der Waals surface area contributed by atoms with Crippen LogP contribution in [0.2, 0.25) is 0 Å². The number of benzene rings is 1. The molecule has 1 unspecified atom stereocenters. The molecule has 1 N–H and O–H groups in total. The number of hydrogen-bond acceptors (Lipinski definition) is 1. The van der Waals surface area contributed by atoms with E-state index in [4.69, 9.17) is 5.11 Å². The van der Waals surface area contributed by atoms with Crippen molar-refractivity contribution >= 4 is 0 Å². The quantitative estimate of drug-likeness (QED) is 0.798. The summed E-state index contributed by atoms with van der Waals surface area (Å²) in [4.78, 5) is 0. The molecule has 1 aliphatic carbocycles. The van der Waals surface area contributed by atoms with Gasteiger partial charge in [-0.3, -0.25) is 0 Å². The van der Waals surface area contributed by atoms with Gasteiger partial charge in [0.1, 0.15) is 0 Å². The highest BCUT2D eigenvalue weighted by atomic mass is 16.3. The molecular formula is C14H20O. The van der Waals surface area contributed by atoms with Gasteiger partial charge in [-0.15, -0.1) is 0 Å². The Morgan fingerprint density at radius 3 is 2.67 bits per heavy atom. The van der Waals surface area contributed by atoms with Gasteiger partial charge in [0.2, 0.25) is 0 Å². The highest BCUT2D eigenvalue weighted by molar-refractivity contribution is 5.38. The maximum absolute atomic E-state index is 9.16. The normalized spacial score (nSPS) is 17.8. The van der Waals surface area contributed by atoms with Gasteiger partial charge in [0.05, 0.1) is 0 Å². The fourth-order valence-electron chi connectivity index (χ4n) is 2.12. The molecule has 0 bridgehead atoms. The highest BCUT2D eigenvalue weighted by Gasteiger charge is 2.26. The average molecular weight is 204 g/mol. The smallest absolute Gasteiger partial charge is 0.0497 e. The minimum absolute atomic E-state index is 0.246. The molecule has 0 heterocycles. The van der Waals surface area contributed by atoms with Gasteiger partial charge >= 0.3 is 0 Å². The molecule has 1 saturated carbocycles. The molecule has 0 amide bonds. The van der Waals surface area contributed by atoms with E-state index in [0.717, 1.165) is 12.3 Å². The van der Waals surface area contributed by atoms with Crippen molar-refractivity contribution in [3.63, 3.8) is 0 Å². The Morgan fingerprint density at radius 1 is 1.40 bits per heavy atom. The molecule has 2 rings (SSSR count). The minimum atomic E-state index is 0.246. The molecule has 0 radical (unpaired) electrons. The number of rotatable bonds is 4. The van der Waals surface area contributed by atoms with E-state index in [2.05, 4.69) is 32.0 Å². The van der Waals surface area contributed by atoms with Crippen LogP contribution in [-0.2, 0) is 6.42 Å². The molecule has 0 saturated heterocycles. The van der Waals surface area contributed by atoms with Gasteiger partial charge in [0.15, 0.2) is 0 Å². The standard InChI is InChI=1S/C14H20O/c1-3-11-4-7-13(10(2)9-15)8-14(11)12-5-6-12/h4,7-8,10,12,15H,3,5-6,9H2,1-2H3. The van der Waals surface area contributed by atoms with Crippen molar-refractivity contribution in [2.24, 2.45) is 0 Å². The van der Waals surface area contributed by atoms with E-state index in [1.54, 1.807) is 0 Å². The van der Waals surface area contributed by atoms with E-state index in [0.29, 0.717) is 0 Å². The van der Waals surface area contributed by atoms with Crippen LogP contribution in [0.25, 0.3) is 0 Å². The zero-order valence-corrected chi connectivity index (χ0v) is 9.66. The topological polar surface area (TPSA) is 20.2 Å². The van der Waals surface area contributed by atoms with Gasteiger partial charge in [-0.25, -0.2) is 0 Å². The van der Waals surface area contributed by atoms with Crippen LogP contribution in [-0.4, -0.2) is 11.7 Å². The van der Waals surface area contributed by atoms with Crippen LogP contribution in [0, 0.1) is 0 Å². The summed E-state index contributed by atoms with van der Waals surface area (Å²) in [5.41, 5.74) is 4.32. The van der Waals surface area contributed by atoms with Crippen molar-refractivity contribution in [1.29, 1.82) is 0 Å². The first-order valence-electron chi connectivity index (χ1n) is 5.99. The van der Waals surface area contributed by atoms with Gasteiger partial charge in [-0.2, -0.15) is 0 Å². The second-order valence-corrected chi connectivity index (χ2v) is 4.67. The Morgan fingerprint density at radius 2 is 2.13 bits per heavy atom. The maximum Gasteiger partial charge on any atom is 0.0497 e. The largest absolute Gasteiger partial charge is 0.396 e. The Bertz CT molecular complexity index is 339. The highest BCUT2D eigenvalue weighted by Crippen LogP contribution is 2.42. The molecule has 1 aliphatic rings. The summed E-state index contributed by atoms with van der Waals surface area (Å²) in [6.07, 6.45) is 3.83. The van der Waals surface area contributed by atoms with Crippen molar-refractivity contribution in [2.75, 3.05) is 6.61 Å². The third kappa shape index (κ3) is 2.23. The maximum atomic E-state index is 9.16. The number of aryl methyl sites for hydroxylation is 1. The van der Waals surface area contributed by atoms with E-state index in [1.807, 2.05) is 0 Å². The number of aliphatic hydroxyl groups excluding tert-OH is 1. The molecule has 1 heteroatoms. The zero-order valence-electron chi connectivity index (χ0n) is 9.66. The van der Waals surface area contributed by atoms with Crippen LogP contribution in [0.4, 0.5) is 0 Å². The molecule has 15 heavy (non-hydrogen) atoms. The lowest BCUT2D eigenvalue weighted by molar-refractivity contribution is 0.273. The summed E-state index contributed by atoms with van der Waals surface area (Å²) < 4.78 is 0. The average Bonchev–Trinajstić information content (AvgIpc) is 3.11. The van der Waals surface area contributed by atoms with Crippen molar-refractivity contribution < 1.29 is 5.11 Å². The van der Waals surface area contributed by atoms with Crippen LogP contribution in [0.15, 0.2) is 18.2 Å². The lowest BCUT2D eigenvalue weighted by Crippen LogP contribution is -2.01. The first-order valence-corrected chi connectivity index (χ1v) is 5.99. The Hall–Kier alpha value is -0.820. The third-order valence-electron chi connectivity index (χ3n) is 3.41. The second kappa shape index (κ2) is 4.36. The predicted molar refractivity (Wildman–Crippen MR) is 63.3 cm³/mol. The first kappa shape index (κ1) is 10.7. The van der Waals surface area contributed by atoms with Gasteiger partial charge in [-0.05, 0) is 41.9 Å². The second-order valence-electron chi connectivity index (χ2n) is 4.67. The van der Waals surface area contributed by atoms with Crippen LogP contribution >= 0.6 is 0 Å². The van der Waals surface area contributed by atoms with Gasteiger partial charge in [0.25, 0.3) is 0 Å². The first-order chi connectivity index (χ1) is 7.26. The minimum Gasteiger partial charge on any atom is -0.396 e. The van der Waals surface area contributed by atoms with Crippen molar-refractivity contribution in [3.05, 3.63) is 34.9 Å². The summed E-state index contributed by atoms with van der Waals surface area (Å²) in [5, 5.41) is 9.16. The number of hydrogen-bond donors (Lipinski definition) is 1. The Labute approximate surface area is 92.1 Å². The van der Waals surface area contributed by atoms with E-state index >= 15 is 0 Å². The molecule has 1 atom stereocenters. The SMILES string of the molecule is CCc1ccc(C(C)CO)cc1C1CC1. The summed E-state index contributed by atoms with van der Waals surface area (Å²) >= 11 is 0. The summed E-state index contributed by atoms with van der Waals surface area (Å²) in [7, 11) is 0. The summed E-state index contributed by atoms with van der Waals surface area (Å²) in [6, 6.07) is 6.73. The monoisotopic (exact) mass is 204 g/mol. The molecule has 1 fully saturated rings. The van der Waals surface area contributed by atoms with E-state index in [9.17, 15) is 0 Å². The van der Waals surface area contributed by atoms with Crippen LogP contribution in [0.3, 0.4) is 0 Å². The molecule has 0 spiro atoms. The van der Waals surface area contributed by atoms with Crippen LogP contribution in [0.1, 0.15) is 55.2 Å². The van der Waals surface area contributed by atoms with E-state index < -0.39 is 0 Å². The zero-order chi connectivity index (χ0) is 10.8. The summed E-state index contributed by atoms with van der Waals surface area (Å²) in [5.74, 6) is 1.08. The lowest BCUT2D eigenvalue weighted by Gasteiger charge is -2.13. The van der Waals surface area contributed by atoms with E-state index in [-0.39, 0.29) is 12.5 Å². The van der Waals surface area contributed by atoms with Gasteiger partial charge in [-0.1, -0.05) is 32.0 Å². The fourth-order valence-corrected chi connectivity index (χ4v) is 2.12. The van der Waals surface area contributed by atoms with Gasteiger partial charge < -0.3 is 5.11 Å². The van der Waals surface area contributed by atoms with Crippen molar-refractivity contribution in [2.45, 2.75) is 44.9 Å². The van der Waals surface area contributed by atoms with Crippen molar-refractivity contribution in [1.82, 2.24) is 0 Å².